The van der Waals surface area contributed by atoms with E-state index < -0.39 is 0 Å². The van der Waals surface area contributed by atoms with Gasteiger partial charge in [-0.05, 0) is 44.7 Å². The van der Waals surface area contributed by atoms with Gasteiger partial charge in [-0.2, -0.15) is 0 Å². The van der Waals surface area contributed by atoms with Crippen molar-refractivity contribution in [1.82, 2.24) is 10.2 Å². The van der Waals surface area contributed by atoms with E-state index >= 15 is 0 Å². The first kappa shape index (κ1) is 13.8. The number of nitrogens with one attached hydrogen (secondary N) is 1. The quantitative estimate of drug-likeness (QED) is 0.767. The minimum absolute atomic E-state index is 0.181. The van der Waals surface area contributed by atoms with Crippen molar-refractivity contribution in [3.8, 4) is 0 Å². The van der Waals surface area contributed by atoms with Crippen molar-refractivity contribution >= 4 is 5.91 Å². The molecule has 0 unspecified atom stereocenters. The van der Waals surface area contributed by atoms with E-state index in [-0.39, 0.29) is 11.3 Å². The molecule has 18 heavy (non-hydrogen) atoms. The molecule has 4 heteroatoms. The maximum Gasteiger partial charge on any atom is 0.227 e. The molecule has 0 radical (unpaired) electrons. The second-order valence-electron chi connectivity index (χ2n) is 6.16. The zero-order valence-electron chi connectivity index (χ0n) is 11.6. The molecule has 0 aromatic heterocycles. The summed E-state index contributed by atoms with van der Waals surface area (Å²) in [5, 5.41) is 3.08. The summed E-state index contributed by atoms with van der Waals surface area (Å²) in [5.74, 6) is 0.835. The largest absolute Gasteiger partial charge is 0.354 e. The normalized spacial score (nSPS) is 32.9. The molecule has 1 saturated heterocycles. The highest BCUT2D eigenvalue weighted by atomic mass is 16.2. The SMILES string of the molecule is CC1CC(CN)(C(=O)NCCN2CCCCC2)C1. The average molecular weight is 253 g/mol. The van der Waals surface area contributed by atoms with E-state index in [0.717, 1.165) is 25.9 Å². The summed E-state index contributed by atoms with van der Waals surface area (Å²) in [5.41, 5.74) is 5.53. The molecule has 1 aliphatic heterocycles. The zero-order valence-corrected chi connectivity index (χ0v) is 11.6. The van der Waals surface area contributed by atoms with Gasteiger partial charge in [0.15, 0.2) is 0 Å². The van der Waals surface area contributed by atoms with E-state index in [1.54, 1.807) is 0 Å². The van der Waals surface area contributed by atoms with E-state index in [2.05, 4.69) is 17.1 Å². The fourth-order valence-electron chi connectivity index (χ4n) is 3.42. The molecule has 1 amide bonds. The molecule has 2 rings (SSSR count). The Morgan fingerprint density at radius 1 is 1.33 bits per heavy atom. The van der Waals surface area contributed by atoms with Crippen molar-refractivity contribution in [2.45, 2.75) is 39.0 Å². The van der Waals surface area contributed by atoms with Crippen LogP contribution in [0.2, 0.25) is 0 Å². The van der Waals surface area contributed by atoms with Gasteiger partial charge in [-0.1, -0.05) is 13.3 Å². The zero-order chi connectivity index (χ0) is 13.0. The van der Waals surface area contributed by atoms with Crippen LogP contribution in [0.5, 0.6) is 0 Å². The average Bonchev–Trinajstić information content (AvgIpc) is 2.36. The number of hydrogen-bond acceptors (Lipinski definition) is 3. The van der Waals surface area contributed by atoms with Gasteiger partial charge in [-0.25, -0.2) is 0 Å². The molecule has 0 atom stereocenters. The highest BCUT2D eigenvalue weighted by Gasteiger charge is 2.46. The summed E-state index contributed by atoms with van der Waals surface area (Å²) in [6.45, 7) is 6.82. The molecule has 4 nitrogen and oxygen atoms in total. The van der Waals surface area contributed by atoms with Gasteiger partial charge >= 0.3 is 0 Å². The number of nitrogens with two attached hydrogens (primary N) is 1. The maximum absolute atomic E-state index is 12.2. The molecule has 0 spiro atoms. The Morgan fingerprint density at radius 3 is 2.56 bits per heavy atom. The standard InChI is InChI=1S/C14H27N3O/c1-12-9-14(10-12,11-15)13(18)16-5-8-17-6-3-2-4-7-17/h12H,2-11,15H2,1H3,(H,16,18). The summed E-state index contributed by atoms with van der Waals surface area (Å²) in [6.07, 6.45) is 5.88. The Hall–Kier alpha value is -0.610. The van der Waals surface area contributed by atoms with E-state index in [1.165, 1.54) is 32.4 Å². The Labute approximate surface area is 110 Å². The molecular weight excluding hydrogens is 226 g/mol. The highest BCUT2D eigenvalue weighted by Crippen LogP contribution is 2.44. The lowest BCUT2D eigenvalue weighted by molar-refractivity contribution is -0.138. The van der Waals surface area contributed by atoms with Crippen molar-refractivity contribution in [1.29, 1.82) is 0 Å². The maximum atomic E-state index is 12.2. The Balaban J connectivity index is 1.68. The fraction of sp³-hybridized carbons (Fsp3) is 0.929. The van der Waals surface area contributed by atoms with Crippen LogP contribution in [0.25, 0.3) is 0 Å². The monoisotopic (exact) mass is 253 g/mol. The van der Waals surface area contributed by atoms with Gasteiger partial charge in [0.05, 0.1) is 5.41 Å². The number of nitrogens with zero attached hydrogens (tertiary/aromatic N) is 1. The molecule has 1 aliphatic carbocycles. The van der Waals surface area contributed by atoms with Crippen LogP contribution in [0, 0.1) is 11.3 Å². The molecule has 1 saturated carbocycles. The third-order valence-electron chi connectivity index (χ3n) is 4.51. The first-order valence-electron chi connectivity index (χ1n) is 7.37. The van der Waals surface area contributed by atoms with Gasteiger partial charge in [0.25, 0.3) is 0 Å². The molecular formula is C14H27N3O. The number of piperidine rings is 1. The molecule has 2 aliphatic rings. The molecule has 104 valence electrons. The van der Waals surface area contributed by atoms with Gasteiger partial charge in [-0.15, -0.1) is 0 Å². The van der Waals surface area contributed by atoms with Crippen LogP contribution in [0.15, 0.2) is 0 Å². The van der Waals surface area contributed by atoms with Crippen molar-refractivity contribution in [2.24, 2.45) is 17.1 Å². The molecule has 0 bridgehead atoms. The predicted octanol–water partition coefficient (Wildman–Crippen LogP) is 0.964. The smallest absolute Gasteiger partial charge is 0.227 e. The number of carbonyl (C=O) groups excluding carboxylic acids is 1. The lowest BCUT2D eigenvalue weighted by Gasteiger charge is -2.44. The number of carbonyl (C=O) groups is 1. The van der Waals surface area contributed by atoms with Gasteiger partial charge in [0, 0.05) is 19.6 Å². The van der Waals surface area contributed by atoms with E-state index in [9.17, 15) is 4.79 Å². The van der Waals surface area contributed by atoms with E-state index in [0.29, 0.717) is 12.5 Å². The van der Waals surface area contributed by atoms with E-state index in [4.69, 9.17) is 5.73 Å². The van der Waals surface area contributed by atoms with Crippen molar-refractivity contribution < 1.29 is 4.79 Å². The minimum Gasteiger partial charge on any atom is -0.354 e. The number of rotatable bonds is 5. The van der Waals surface area contributed by atoms with Gasteiger partial charge in [-0.3, -0.25) is 4.79 Å². The summed E-state index contributed by atoms with van der Waals surface area (Å²) < 4.78 is 0. The summed E-state index contributed by atoms with van der Waals surface area (Å²) in [7, 11) is 0. The lowest BCUT2D eigenvalue weighted by atomic mass is 9.62. The lowest BCUT2D eigenvalue weighted by Crippen LogP contribution is -2.54. The van der Waals surface area contributed by atoms with Crippen LogP contribution in [-0.4, -0.2) is 43.5 Å². The number of hydrogen-bond donors (Lipinski definition) is 2. The summed E-state index contributed by atoms with van der Waals surface area (Å²) in [4.78, 5) is 14.6. The molecule has 3 N–H and O–H groups in total. The fourth-order valence-corrected chi connectivity index (χ4v) is 3.42. The third-order valence-corrected chi connectivity index (χ3v) is 4.51. The van der Waals surface area contributed by atoms with Crippen molar-refractivity contribution in [3.05, 3.63) is 0 Å². The molecule has 0 aromatic rings. The third kappa shape index (κ3) is 3.04. The van der Waals surface area contributed by atoms with Crippen LogP contribution < -0.4 is 11.1 Å². The molecule has 0 aromatic carbocycles. The second kappa shape index (κ2) is 6.02. The Kier molecular flexibility index (Phi) is 4.62. The second-order valence-corrected chi connectivity index (χ2v) is 6.16. The molecule has 2 fully saturated rings. The Bertz CT molecular complexity index is 281. The van der Waals surface area contributed by atoms with Crippen molar-refractivity contribution in [2.75, 3.05) is 32.7 Å². The summed E-state index contributed by atoms with van der Waals surface area (Å²) in [6, 6.07) is 0. The Morgan fingerprint density at radius 2 is 2.00 bits per heavy atom. The number of likely N-dealkylation sites (tertiary alicyclic amines) is 1. The number of amides is 1. The van der Waals surface area contributed by atoms with Crippen molar-refractivity contribution in [3.63, 3.8) is 0 Å². The topological polar surface area (TPSA) is 58.4 Å². The van der Waals surface area contributed by atoms with Crippen LogP contribution in [-0.2, 0) is 4.79 Å². The van der Waals surface area contributed by atoms with Crippen LogP contribution in [0.3, 0.4) is 0 Å². The highest BCUT2D eigenvalue weighted by molar-refractivity contribution is 5.83. The minimum atomic E-state index is -0.249. The van der Waals surface area contributed by atoms with Crippen LogP contribution >= 0.6 is 0 Å². The van der Waals surface area contributed by atoms with Crippen LogP contribution in [0.1, 0.15) is 39.0 Å². The van der Waals surface area contributed by atoms with Gasteiger partial charge in [0.2, 0.25) is 5.91 Å². The molecule has 1 heterocycles. The van der Waals surface area contributed by atoms with E-state index in [1.807, 2.05) is 0 Å². The van der Waals surface area contributed by atoms with Gasteiger partial charge in [0.1, 0.15) is 0 Å². The predicted molar refractivity (Wildman–Crippen MR) is 73.2 cm³/mol. The van der Waals surface area contributed by atoms with Crippen LogP contribution in [0.4, 0.5) is 0 Å². The summed E-state index contributed by atoms with van der Waals surface area (Å²) >= 11 is 0. The first-order valence-corrected chi connectivity index (χ1v) is 7.37. The van der Waals surface area contributed by atoms with Gasteiger partial charge < -0.3 is 16.0 Å². The first-order chi connectivity index (χ1) is 8.66.